The molecule has 0 spiro atoms. The van der Waals surface area contributed by atoms with Gasteiger partial charge in [0, 0.05) is 18.2 Å². The summed E-state index contributed by atoms with van der Waals surface area (Å²) < 4.78 is 27.8. The minimum atomic E-state index is -0.857. The van der Waals surface area contributed by atoms with E-state index in [0.29, 0.717) is 13.0 Å². The molecule has 4 nitrogen and oxygen atoms in total. The van der Waals surface area contributed by atoms with Crippen LogP contribution >= 0.6 is 0 Å². The molecule has 0 radical (unpaired) electrons. The predicted molar refractivity (Wildman–Crippen MR) is 58.2 cm³/mol. The first-order chi connectivity index (χ1) is 8.20. The van der Waals surface area contributed by atoms with E-state index in [-0.39, 0.29) is 12.1 Å². The van der Waals surface area contributed by atoms with Gasteiger partial charge in [0.15, 0.2) is 11.6 Å². The van der Waals surface area contributed by atoms with Gasteiger partial charge in [0.2, 0.25) is 0 Å². The number of aromatic nitrogens is 3. The Morgan fingerprint density at radius 3 is 2.88 bits per heavy atom. The van der Waals surface area contributed by atoms with Gasteiger partial charge < -0.3 is 5.73 Å². The summed E-state index contributed by atoms with van der Waals surface area (Å²) in [5.41, 5.74) is 6.36. The summed E-state index contributed by atoms with van der Waals surface area (Å²) in [7, 11) is 0. The van der Waals surface area contributed by atoms with Crippen molar-refractivity contribution in [1.29, 1.82) is 0 Å². The van der Waals surface area contributed by atoms with Crippen molar-refractivity contribution < 1.29 is 8.78 Å². The lowest BCUT2D eigenvalue weighted by molar-refractivity contribution is 0.490. The standard InChI is InChI=1S/C11H12F2N4/c12-10-3-1-2-8(11(10)13)6-17-7-9(4-5-14)15-16-17/h1-3,7H,4-6,14H2. The molecule has 2 rings (SSSR count). The SMILES string of the molecule is NCCc1cn(Cc2cccc(F)c2F)nn1. The zero-order valence-corrected chi connectivity index (χ0v) is 9.11. The maximum atomic E-state index is 13.4. The van der Waals surface area contributed by atoms with Crippen molar-refractivity contribution in [3.63, 3.8) is 0 Å². The van der Waals surface area contributed by atoms with E-state index in [1.54, 1.807) is 6.20 Å². The first kappa shape index (κ1) is 11.7. The van der Waals surface area contributed by atoms with E-state index < -0.39 is 11.6 Å². The maximum absolute atomic E-state index is 13.4. The summed E-state index contributed by atoms with van der Waals surface area (Å²) >= 11 is 0. The first-order valence-corrected chi connectivity index (χ1v) is 5.22. The van der Waals surface area contributed by atoms with E-state index in [2.05, 4.69) is 10.3 Å². The monoisotopic (exact) mass is 238 g/mol. The molecule has 0 fully saturated rings. The molecule has 6 heteroatoms. The highest BCUT2D eigenvalue weighted by atomic mass is 19.2. The normalized spacial score (nSPS) is 10.8. The third-order valence-corrected chi connectivity index (χ3v) is 2.35. The van der Waals surface area contributed by atoms with Crippen molar-refractivity contribution in [2.45, 2.75) is 13.0 Å². The summed E-state index contributed by atoms with van der Waals surface area (Å²) in [6.07, 6.45) is 2.29. The zero-order chi connectivity index (χ0) is 12.3. The van der Waals surface area contributed by atoms with Crippen LogP contribution in [0.2, 0.25) is 0 Å². The quantitative estimate of drug-likeness (QED) is 0.868. The molecule has 1 aromatic heterocycles. The predicted octanol–water partition coefficient (Wildman–Crippen LogP) is 1.11. The average Bonchev–Trinajstić information content (AvgIpc) is 2.73. The van der Waals surface area contributed by atoms with Crippen molar-refractivity contribution in [1.82, 2.24) is 15.0 Å². The van der Waals surface area contributed by atoms with Crippen LogP contribution in [-0.2, 0) is 13.0 Å². The van der Waals surface area contributed by atoms with Gasteiger partial charge in [0.25, 0.3) is 0 Å². The molecule has 2 aromatic rings. The molecule has 0 saturated heterocycles. The van der Waals surface area contributed by atoms with E-state index in [9.17, 15) is 8.78 Å². The number of hydrogen-bond donors (Lipinski definition) is 1. The number of nitrogens with two attached hydrogens (primary N) is 1. The lowest BCUT2D eigenvalue weighted by Gasteiger charge is -2.02. The van der Waals surface area contributed by atoms with E-state index >= 15 is 0 Å². The second-order valence-corrected chi connectivity index (χ2v) is 3.66. The third kappa shape index (κ3) is 2.65. The molecule has 1 aromatic carbocycles. The van der Waals surface area contributed by atoms with E-state index in [0.717, 1.165) is 11.8 Å². The molecule has 1 heterocycles. The van der Waals surface area contributed by atoms with Gasteiger partial charge in [-0.3, -0.25) is 0 Å². The Morgan fingerprint density at radius 1 is 1.29 bits per heavy atom. The minimum absolute atomic E-state index is 0.154. The van der Waals surface area contributed by atoms with Crippen molar-refractivity contribution in [2.24, 2.45) is 5.73 Å². The fourth-order valence-electron chi connectivity index (χ4n) is 1.52. The lowest BCUT2D eigenvalue weighted by Crippen LogP contribution is -2.04. The molecule has 0 saturated carbocycles. The van der Waals surface area contributed by atoms with Gasteiger partial charge in [-0.2, -0.15) is 0 Å². The second-order valence-electron chi connectivity index (χ2n) is 3.66. The molecular formula is C11H12F2N4. The van der Waals surface area contributed by atoms with Crippen LogP contribution in [0.4, 0.5) is 8.78 Å². The van der Waals surface area contributed by atoms with Gasteiger partial charge in [-0.05, 0) is 12.6 Å². The summed E-state index contributed by atoms with van der Waals surface area (Å²) in [5.74, 6) is -1.70. The van der Waals surface area contributed by atoms with Gasteiger partial charge in [0.1, 0.15) is 0 Å². The highest BCUT2D eigenvalue weighted by Crippen LogP contribution is 2.12. The molecule has 0 atom stereocenters. The highest BCUT2D eigenvalue weighted by Gasteiger charge is 2.09. The Bertz CT molecular complexity index is 510. The second kappa shape index (κ2) is 5.01. The van der Waals surface area contributed by atoms with Crippen molar-refractivity contribution in [2.75, 3.05) is 6.54 Å². The van der Waals surface area contributed by atoms with Crippen molar-refractivity contribution >= 4 is 0 Å². The fraction of sp³-hybridized carbons (Fsp3) is 0.273. The molecule has 0 amide bonds. The van der Waals surface area contributed by atoms with E-state index in [4.69, 9.17) is 5.73 Å². The van der Waals surface area contributed by atoms with E-state index in [1.807, 2.05) is 0 Å². The Labute approximate surface area is 97.0 Å². The van der Waals surface area contributed by atoms with E-state index in [1.165, 1.54) is 16.8 Å². The lowest BCUT2D eigenvalue weighted by atomic mass is 10.2. The molecule has 2 N–H and O–H groups in total. The number of halogens is 2. The van der Waals surface area contributed by atoms with Gasteiger partial charge in [-0.25, -0.2) is 13.5 Å². The number of rotatable bonds is 4. The molecule has 0 unspecified atom stereocenters. The zero-order valence-electron chi connectivity index (χ0n) is 9.11. The summed E-state index contributed by atoms with van der Waals surface area (Å²) in [4.78, 5) is 0. The van der Waals surface area contributed by atoms with Crippen LogP contribution in [0, 0.1) is 11.6 Å². The average molecular weight is 238 g/mol. The van der Waals surface area contributed by atoms with Crippen LogP contribution < -0.4 is 5.73 Å². The minimum Gasteiger partial charge on any atom is -0.330 e. The molecule has 0 bridgehead atoms. The summed E-state index contributed by atoms with van der Waals surface area (Å²) in [6, 6.07) is 4.06. The van der Waals surface area contributed by atoms with Gasteiger partial charge >= 0.3 is 0 Å². The summed E-state index contributed by atoms with van der Waals surface area (Å²) in [6.45, 7) is 0.633. The van der Waals surface area contributed by atoms with Crippen molar-refractivity contribution in [3.05, 3.63) is 47.3 Å². The highest BCUT2D eigenvalue weighted by molar-refractivity contribution is 5.19. The maximum Gasteiger partial charge on any atom is 0.163 e. The Hall–Kier alpha value is -1.82. The number of nitrogens with zero attached hydrogens (tertiary/aromatic N) is 3. The van der Waals surface area contributed by atoms with Crippen LogP contribution in [0.3, 0.4) is 0 Å². The Balaban J connectivity index is 2.16. The Kier molecular flexibility index (Phi) is 3.43. The van der Waals surface area contributed by atoms with Crippen LogP contribution in [0.15, 0.2) is 24.4 Å². The number of hydrogen-bond acceptors (Lipinski definition) is 3. The number of benzene rings is 1. The molecule has 0 aliphatic rings. The topological polar surface area (TPSA) is 56.7 Å². The molecule has 90 valence electrons. The largest absolute Gasteiger partial charge is 0.330 e. The van der Waals surface area contributed by atoms with Crippen LogP contribution in [0.25, 0.3) is 0 Å². The van der Waals surface area contributed by atoms with Gasteiger partial charge in [-0.1, -0.05) is 17.3 Å². The molecule has 0 aliphatic heterocycles. The summed E-state index contributed by atoms with van der Waals surface area (Å²) in [5, 5.41) is 7.69. The van der Waals surface area contributed by atoms with Crippen LogP contribution in [0.5, 0.6) is 0 Å². The molecule has 0 aliphatic carbocycles. The van der Waals surface area contributed by atoms with Crippen LogP contribution in [-0.4, -0.2) is 21.5 Å². The third-order valence-electron chi connectivity index (χ3n) is 2.35. The molecular weight excluding hydrogens is 226 g/mol. The van der Waals surface area contributed by atoms with Gasteiger partial charge in [-0.15, -0.1) is 5.10 Å². The van der Waals surface area contributed by atoms with Gasteiger partial charge in [0.05, 0.1) is 12.2 Å². The molecule has 17 heavy (non-hydrogen) atoms. The first-order valence-electron chi connectivity index (χ1n) is 5.22. The van der Waals surface area contributed by atoms with Crippen LogP contribution in [0.1, 0.15) is 11.3 Å². The smallest absolute Gasteiger partial charge is 0.163 e. The fourth-order valence-corrected chi connectivity index (χ4v) is 1.52. The Morgan fingerprint density at radius 2 is 2.12 bits per heavy atom. The van der Waals surface area contributed by atoms with Crippen molar-refractivity contribution in [3.8, 4) is 0 Å².